The molecule has 0 N–H and O–H groups in total. The van der Waals surface area contributed by atoms with Crippen LogP contribution in [0.15, 0.2) is 48.5 Å². The zero-order chi connectivity index (χ0) is 29.1. The van der Waals surface area contributed by atoms with Crippen molar-refractivity contribution >= 4 is 40.1 Å². The van der Waals surface area contributed by atoms with Gasteiger partial charge < -0.3 is 0 Å². The summed E-state index contributed by atoms with van der Waals surface area (Å²) in [7, 11) is 0. The Morgan fingerprint density at radius 2 is 1.05 bits per heavy atom. The highest BCUT2D eigenvalue weighted by atomic mass is 16.2. The number of carbonyl (C=O) groups is 4. The van der Waals surface area contributed by atoms with Crippen molar-refractivity contribution in [2.24, 2.45) is 0 Å². The van der Waals surface area contributed by atoms with Crippen molar-refractivity contribution in [3.05, 3.63) is 76.3 Å². The number of carbonyl (C=O) groups excluding carboxylic acids is 4. The highest BCUT2D eigenvalue weighted by Crippen LogP contribution is 2.40. The van der Waals surface area contributed by atoms with Crippen LogP contribution in [-0.4, -0.2) is 34.6 Å². The predicted molar refractivity (Wildman–Crippen MR) is 158 cm³/mol. The molecule has 4 amide bonds. The Kier molecular flexibility index (Phi) is 8.30. The summed E-state index contributed by atoms with van der Waals surface area (Å²) in [5, 5.41) is 9.88. The van der Waals surface area contributed by atoms with Crippen molar-refractivity contribution in [3.8, 4) is 6.07 Å². The fourth-order valence-corrected chi connectivity index (χ4v) is 6.16. The van der Waals surface area contributed by atoms with Gasteiger partial charge >= 0.3 is 0 Å². The van der Waals surface area contributed by atoms with Crippen molar-refractivity contribution in [2.75, 3.05) is 4.90 Å². The molecule has 7 nitrogen and oxygen atoms in total. The molecule has 0 atom stereocenters. The van der Waals surface area contributed by atoms with E-state index in [4.69, 9.17) is 5.26 Å². The maximum Gasteiger partial charge on any atom is 0.265 e. The van der Waals surface area contributed by atoms with E-state index >= 15 is 0 Å². The molecule has 0 bridgehead atoms. The summed E-state index contributed by atoms with van der Waals surface area (Å²) in [6.07, 6.45) is 10.1. The predicted octanol–water partition coefficient (Wildman–Crippen LogP) is 7.42. The molecule has 2 aliphatic heterocycles. The number of nitriles is 1. The van der Waals surface area contributed by atoms with Crippen molar-refractivity contribution < 1.29 is 19.2 Å². The molecule has 0 unspecified atom stereocenters. The Bertz CT molecular complexity index is 1480. The molecule has 0 radical (unpaired) electrons. The van der Waals surface area contributed by atoms with E-state index in [9.17, 15) is 19.2 Å². The van der Waals surface area contributed by atoms with Gasteiger partial charge in [-0.05, 0) is 61.4 Å². The zero-order valence-corrected chi connectivity index (χ0v) is 23.7. The molecule has 0 saturated carbocycles. The van der Waals surface area contributed by atoms with Crippen molar-refractivity contribution in [1.29, 1.82) is 5.26 Å². The van der Waals surface area contributed by atoms with Crippen LogP contribution < -0.4 is 4.90 Å². The van der Waals surface area contributed by atoms with Crippen LogP contribution in [0, 0.1) is 11.3 Å². The minimum Gasteiger partial charge on any atom is -0.271 e. The SMILES string of the molecule is CCCCCCC(CCCCCC)N1C(=O)c2ccc3c4c(ccc(c24)C1=O)C(=O)N(c1ccc(C#N)cc1)C3=O. The molecule has 41 heavy (non-hydrogen) atoms. The number of nitrogens with zero attached hydrogens (tertiary/aromatic N) is 3. The lowest BCUT2D eigenvalue weighted by molar-refractivity contribution is 0.0516. The molecule has 210 valence electrons. The molecule has 0 fully saturated rings. The Morgan fingerprint density at radius 1 is 0.610 bits per heavy atom. The number of amides is 4. The second kappa shape index (κ2) is 12.1. The molecule has 5 rings (SSSR count). The summed E-state index contributed by atoms with van der Waals surface area (Å²) in [5.41, 5.74) is 2.04. The Labute approximate surface area is 240 Å². The van der Waals surface area contributed by atoms with Gasteiger partial charge in [0.1, 0.15) is 0 Å². The molecular formula is C34H35N3O4. The first-order valence-electron chi connectivity index (χ1n) is 14.8. The van der Waals surface area contributed by atoms with Crippen LogP contribution in [0.25, 0.3) is 10.8 Å². The van der Waals surface area contributed by atoms with Crippen LogP contribution in [0.5, 0.6) is 0 Å². The average Bonchev–Trinajstić information content (AvgIpc) is 2.99. The van der Waals surface area contributed by atoms with E-state index in [1.165, 1.54) is 4.90 Å². The second-order valence-electron chi connectivity index (χ2n) is 11.0. The molecular weight excluding hydrogens is 514 g/mol. The monoisotopic (exact) mass is 549 g/mol. The lowest BCUT2D eigenvalue weighted by atomic mass is 9.85. The van der Waals surface area contributed by atoms with Gasteiger partial charge in [0.15, 0.2) is 0 Å². The number of imide groups is 2. The van der Waals surface area contributed by atoms with Gasteiger partial charge in [-0.3, -0.25) is 24.1 Å². The maximum atomic E-state index is 14.0. The number of rotatable bonds is 12. The van der Waals surface area contributed by atoms with Gasteiger partial charge in [0, 0.05) is 39.1 Å². The molecule has 2 aliphatic rings. The highest BCUT2D eigenvalue weighted by molar-refractivity contribution is 6.39. The van der Waals surface area contributed by atoms with Gasteiger partial charge in [-0.2, -0.15) is 5.26 Å². The average molecular weight is 550 g/mol. The first-order valence-corrected chi connectivity index (χ1v) is 14.8. The topological polar surface area (TPSA) is 98.6 Å². The summed E-state index contributed by atoms with van der Waals surface area (Å²) in [6.45, 7) is 4.32. The van der Waals surface area contributed by atoms with E-state index in [2.05, 4.69) is 13.8 Å². The van der Waals surface area contributed by atoms with Crippen LogP contribution in [0.1, 0.15) is 125 Å². The lowest BCUT2D eigenvalue weighted by Gasteiger charge is -2.36. The standard InChI is InChI=1S/C34H35N3O4/c1-3-5-7-9-11-23(12-10-8-6-4-2)36-31(38)25-17-19-27-30-28(20-18-26(29(25)30)32(36)39)34(41)37(33(27)40)24-15-13-22(21-35)14-16-24/h13-20,23H,3-12H2,1-2H3. The summed E-state index contributed by atoms with van der Waals surface area (Å²) in [6, 6.07) is 14.5. The first-order chi connectivity index (χ1) is 19.9. The van der Waals surface area contributed by atoms with Crippen molar-refractivity contribution in [2.45, 2.75) is 84.1 Å². The maximum absolute atomic E-state index is 14.0. The Balaban J connectivity index is 1.53. The zero-order valence-electron chi connectivity index (χ0n) is 23.7. The third-order valence-electron chi connectivity index (χ3n) is 8.33. The Morgan fingerprint density at radius 3 is 1.46 bits per heavy atom. The summed E-state index contributed by atoms with van der Waals surface area (Å²) < 4.78 is 0. The molecule has 0 aromatic heterocycles. The third-order valence-corrected chi connectivity index (χ3v) is 8.33. The number of anilines is 1. The fourth-order valence-electron chi connectivity index (χ4n) is 6.16. The molecule has 2 heterocycles. The van der Waals surface area contributed by atoms with E-state index in [-0.39, 0.29) is 29.0 Å². The van der Waals surface area contributed by atoms with E-state index in [1.807, 2.05) is 6.07 Å². The minimum absolute atomic E-state index is 0.186. The van der Waals surface area contributed by atoms with Crippen LogP contribution in [0.4, 0.5) is 5.69 Å². The van der Waals surface area contributed by atoms with Gasteiger partial charge in [-0.25, -0.2) is 4.90 Å². The number of unbranched alkanes of at least 4 members (excludes halogenated alkanes) is 6. The van der Waals surface area contributed by atoms with Gasteiger partial charge in [-0.15, -0.1) is 0 Å². The summed E-state index contributed by atoms with van der Waals surface area (Å²) in [5.74, 6) is -1.75. The van der Waals surface area contributed by atoms with E-state index in [0.29, 0.717) is 33.2 Å². The second-order valence-corrected chi connectivity index (χ2v) is 11.0. The van der Waals surface area contributed by atoms with Gasteiger partial charge in [0.25, 0.3) is 23.6 Å². The molecule has 0 aliphatic carbocycles. The smallest absolute Gasteiger partial charge is 0.265 e. The number of hydrogen-bond acceptors (Lipinski definition) is 5. The van der Waals surface area contributed by atoms with Crippen LogP contribution in [0.2, 0.25) is 0 Å². The number of hydrogen-bond donors (Lipinski definition) is 0. The third kappa shape index (κ3) is 5.04. The minimum atomic E-state index is -0.525. The molecule has 0 spiro atoms. The lowest BCUT2D eigenvalue weighted by Crippen LogP contribution is -2.48. The normalized spacial score (nSPS) is 14.4. The highest BCUT2D eigenvalue weighted by Gasteiger charge is 2.41. The van der Waals surface area contributed by atoms with Crippen LogP contribution in [0.3, 0.4) is 0 Å². The first kappa shape index (κ1) is 28.2. The molecule has 0 saturated heterocycles. The summed E-state index contributed by atoms with van der Waals surface area (Å²) >= 11 is 0. The van der Waals surface area contributed by atoms with Gasteiger partial charge in [-0.1, -0.05) is 65.2 Å². The van der Waals surface area contributed by atoms with Crippen LogP contribution >= 0.6 is 0 Å². The van der Waals surface area contributed by atoms with Gasteiger partial charge in [0.2, 0.25) is 0 Å². The van der Waals surface area contributed by atoms with Crippen molar-refractivity contribution in [3.63, 3.8) is 0 Å². The number of benzene rings is 3. The quantitative estimate of drug-likeness (QED) is 0.173. The van der Waals surface area contributed by atoms with Crippen molar-refractivity contribution in [1.82, 2.24) is 4.90 Å². The Hall–Kier alpha value is -4.31. The fraction of sp³-hybridized carbons (Fsp3) is 0.382. The molecule has 3 aromatic carbocycles. The summed E-state index contributed by atoms with van der Waals surface area (Å²) in [4.78, 5) is 57.7. The molecule has 3 aromatic rings. The largest absolute Gasteiger partial charge is 0.271 e. The van der Waals surface area contributed by atoms with E-state index < -0.39 is 11.8 Å². The van der Waals surface area contributed by atoms with Gasteiger partial charge in [0.05, 0.1) is 17.3 Å². The van der Waals surface area contributed by atoms with E-state index in [1.54, 1.807) is 48.5 Å². The molecule has 7 heteroatoms. The van der Waals surface area contributed by atoms with E-state index in [0.717, 1.165) is 69.1 Å². The van der Waals surface area contributed by atoms with Crippen LogP contribution in [-0.2, 0) is 0 Å².